The Balaban J connectivity index is 3.32. The summed E-state index contributed by atoms with van der Waals surface area (Å²) in [7, 11) is 1.35. The van der Waals surface area contributed by atoms with Crippen molar-refractivity contribution in [3.05, 3.63) is 27.8 Å². The monoisotopic (exact) mass is 227 g/mol. The molecule has 0 spiro atoms. The van der Waals surface area contributed by atoms with Gasteiger partial charge in [-0.05, 0) is 6.92 Å². The van der Waals surface area contributed by atoms with E-state index >= 15 is 0 Å². The third-order valence-electron chi connectivity index (χ3n) is 1.88. The van der Waals surface area contributed by atoms with Crippen molar-refractivity contribution in [3.8, 4) is 5.75 Å². The van der Waals surface area contributed by atoms with Gasteiger partial charge in [0.1, 0.15) is 17.1 Å². The summed E-state index contributed by atoms with van der Waals surface area (Å²) in [6, 6.07) is 1.07. The van der Waals surface area contributed by atoms with Gasteiger partial charge in [-0.15, -0.1) is 0 Å². The smallest absolute Gasteiger partial charge is 0.345 e. The molecule has 6 heteroatoms. The van der Waals surface area contributed by atoms with Gasteiger partial charge in [-0.3, -0.25) is 0 Å². The van der Waals surface area contributed by atoms with Crippen molar-refractivity contribution < 1.29 is 18.7 Å². The summed E-state index contributed by atoms with van der Waals surface area (Å²) in [4.78, 5) is 22.7. The molecule has 0 atom stereocenters. The fraction of sp³-hybridized carbons (Fsp3) is 0.400. The highest BCUT2D eigenvalue weighted by Gasteiger charge is 2.21. The van der Waals surface area contributed by atoms with Crippen molar-refractivity contribution in [2.24, 2.45) is 5.73 Å². The van der Waals surface area contributed by atoms with Crippen LogP contribution in [-0.4, -0.2) is 19.7 Å². The summed E-state index contributed by atoms with van der Waals surface area (Å²) in [5, 5.41) is 0. The van der Waals surface area contributed by atoms with Crippen molar-refractivity contribution in [3.63, 3.8) is 0 Å². The van der Waals surface area contributed by atoms with E-state index in [9.17, 15) is 9.59 Å². The van der Waals surface area contributed by atoms with Gasteiger partial charge in [0.15, 0.2) is 0 Å². The van der Waals surface area contributed by atoms with Crippen LogP contribution < -0.4 is 16.1 Å². The molecule has 1 aromatic heterocycles. The van der Waals surface area contributed by atoms with E-state index in [4.69, 9.17) is 19.6 Å². The highest BCUT2D eigenvalue weighted by Crippen LogP contribution is 2.20. The highest BCUT2D eigenvalue weighted by molar-refractivity contribution is 5.93. The van der Waals surface area contributed by atoms with Crippen LogP contribution in [0.5, 0.6) is 5.75 Å². The van der Waals surface area contributed by atoms with Crippen LogP contribution in [0.3, 0.4) is 0 Å². The van der Waals surface area contributed by atoms with Crippen LogP contribution in [-0.2, 0) is 11.3 Å². The maximum Gasteiger partial charge on any atom is 0.345 e. The van der Waals surface area contributed by atoms with Crippen molar-refractivity contribution >= 4 is 5.97 Å². The molecule has 0 fully saturated rings. The molecule has 0 saturated heterocycles. The van der Waals surface area contributed by atoms with Crippen LogP contribution >= 0.6 is 0 Å². The van der Waals surface area contributed by atoms with Crippen molar-refractivity contribution in [1.29, 1.82) is 0 Å². The SMILES string of the molecule is CCOC(=O)c1c(OC)cc(=O)oc1CN. The maximum atomic E-state index is 11.6. The molecule has 0 bridgehead atoms. The maximum absolute atomic E-state index is 11.6. The van der Waals surface area contributed by atoms with Gasteiger partial charge < -0.3 is 19.6 Å². The summed E-state index contributed by atoms with van der Waals surface area (Å²) < 4.78 is 14.5. The van der Waals surface area contributed by atoms with E-state index in [2.05, 4.69) is 0 Å². The number of ether oxygens (including phenoxy) is 2. The lowest BCUT2D eigenvalue weighted by Gasteiger charge is -2.09. The lowest BCUT2D eigenvalue weighted by atomic mass is 10.2. The Kier molecular flexibility index (Phi) is 4.07. The molecular formula is C10H13NO5. The predicted molar refractivity (Wildman–Crippen MR) is 55.4 cm³/mol. The molecule has 0 aliphatic heterocycles. The molecule has 0 aliphatic rings. The predicted octanol–water partition coefficient (Wildman–Crippen LogP) is 0.284. The molecule has 1 aromatic rings. The summed E-state index contributed by atoms with van der Waals surface area (Å²) in [5.74, 6) is -0.457. The number of rotatable bonds is 4. The molecule has 0 aliphatic carbocycles. The molecule has 0 saturated carbocycles. The Morgan fingerprint density at radius 2 is 2.25 bits per heavy atom. The minimum Gasteiger partial charge on any atom is -0.495 e. The lowest BCUT2D eigenvalue weighted by molar-refractivity contribution is 0.0517. The second-order valence-electron chi connectivity index (χ2n) is 2.86. The number of carbonyl (C=O) groups excluding carboxylic acids is 1. The van der Waals surface area contributed by atoms with Crippen molar-refractivity contribution in [2.75, 3.05) is 13.7 Å². The molecule has 88 valence electrons. The number of nitrogens with two attached hydrogens (primary N) is 1. The highest BCUT2D eigenvalue weighted by atomic mass is 16.5. The van der Waals surface area contributed by atoms with Crippen LogP contribution in [0.15, 0.2) is 15.3 Å². The summed E-state index contributed by atoms with van der Waals surface area (Å²) in [5.41, 5.74) is 4.82. The van der Waals surface area contributed by atoms with E-state index in [0.717, 1.165) is 6.07 Å². The van der Waals surface area contributed by atoms with Crippen LogP contribution in [0.4, 0.5) is 0 Å². The Morgan fingerprint density at radius 3 is 2.75 bits per heavy atom. The third kappa shape index (κ3) is 2.40. The van der Waals surface area contributed by atoms with Crippen LogP contribution in [0.1, 0.15) is 23.0 Å². The van der Waals surface area contributed by atoms with Gasteiger partial charge >= 0.3 is 11.6 Å². The van der Waals surface area contributed by atoms with Gasteiger partial charge in [-0.1, -0.05) is 0 Å². The first-order chi connectivity index (χ1) is 7.63. The Hall–Kier alpha value is -1.82. The van der Waals surface area contributed by atoms with Crippen LogP contribution in [0.2, 0.25) is 0 Å². The second kappa shape index (κ2) is 5.32. The Morgan fingerprint density at radius 1 is 1.56 bits per heavy atom. The van der Waals surface area contributed by atoms with Gasteiger partial charge in [0.05, 0.1) is 26.3 Å². The molecule has 0 aromatic carbocycles. The van der Waals surface area contributed by atoms with E-state index < -0.39 is 11.6 Å². The summed E-state index contributed by atoms with van der Waals surface area (Å²) >= 11 is 0. The number of carbonyl (C=O) groups is 1. The lowest BCUT2D eigenvalue weighted by Crippen LogP contribution is -2.16. The largest absolute Gasteiger partial charge is 0.495 e. The molecule has 1 rings (SSSR count). The second-order valence-corrected chi connectivity index (χ2v) is 2.86. The van der Waals surface area contributed by atoms with E-state index in [1.165, 1.54) is 7.11 Å². The first-order valence-corrected chi connectivity index (χ1v) is 4.72. The minimum atomic E-state index is -0.622. The molecule has 0 radical (unpaired) electrons. The van der Waals surface area contributed by atoms with Gasteiger partial charge in [-0.25, -0.2) is 9.59 Å². The number of hydrogen-bond donors (Lipinski definition) is 1. The number of methoxy groups -OCH3 is 1. The Bertz CT molecular complexity index is 409. The fourth-order valence-electron chi connectivity index (χ4n) is 1.24. The van der Waals surface area contributed by atoms with Gasteiger partial charge in [0.2, 0.25) is 0 Å². The van der Waals surface area contributed by atoms with Gasteiger partial charge in [-0.2, -0.15) is 0 Å². The standard InChI is InChI=1S/C10H13NO5/c1-3-15-10(13)9-6(14-2)4-8(12)16-7(9)5-11/h4H,3,5,11H2,1-2H3. The molecular weight excluding hydrogens is 214 g/mol. The van der Waals surface area contributed by atoms with Crippen molar-refractivity contribution in [2.45, 2.75) is 13.5 Å². The average Bonchev–Trinajstić information content (AvgIpc) is 2.27. The summed E-state index contributed by atoms with van der Waals surface area (Å²) in [6.45, 7) is 1.80. The average molecular weight is 227 g/mol. The van der Waals surface area contributed by atoms with E-state index in [1.807, 2.05) is 0 Å². The fourth-order valence-corrected chi connectivity index (χ4v) is 1.24. The first-order valence-electron chi connectivity index (χ1n) is 4.72. The van der Waals surface area contributed by atoms with E-state index in [-0.39, 0.29) is 30.2 Å². The zero-order valence-electron chi connectivity index (χ0n) is 9.11. The normalized spacial score (nSPS) is 9.94. The molecule has 6 nitrogen and oxygen atoms in total. The molecule has 0 unspecified atom stereocenters. The first kappa shape index (κ1) is 12.3. The van der Waals surface area contributed by atoms with Crippen LogP contribution in [0, 0.1) is 0 Å². The quantitative estimate of drug-likeness (QED) is 0.743. The zero-order valence-corrected chi connectivity index (χ0v) is 9.11. The summed E-state index contributed by atoms with van der Waals surface area (Å²) in [6.07, 6.45) is 0. The molecule has 16 heavy (non-hydrogen) atoms. The topological polar surface area (TPSA) is 91.8 Å². The van der Waals surface area contributed by atoms with E-state index in [1.54, 1.807) is 6.92 Å². The third-order valence-corrected chi connectivity index (χ3v) is 1.88. The number of esters is 1. The zero-order chi connectivity index (χ0) is 12.1. The molecule has 2 N–H and O–H groups in total. The van der Waals surface area contributed by atoms with Gasteiger partial charge in [0, 0.05) is 0 Å². The minimum absolute atomic E-state index is 0.0581. The van der Waals surface area contributed by atoms with Crippen molar-refractivity contribution in [1.82, 2.24) is 0 Å². The Labute approximate surface area is 92.0 Å². The van der Waals surface area contributed by atoms with Crippen LogP contribution in [0.25, 0.3) is 0 Å². The molecule has 1 heterocycles. The molecule has 0 amide bonds. The van der Waals surface area contributed by atoms with Gasteiger partial charge in [0.25, 0.3) is 0 Å². The number of hydrogen-bond acceptors (Lipinski definition) is 6. The van der Waals surface area contributed by atoms with E-state index in [0.29, 0.717) is 0 Å².